The number of likely N-dealkylation sites (tertiary alicyclic amines) is 1. The van der Waals surface area contributed by atoms with Crippen LogP contribution in [0.15, 0.2) is 11.1 Å². The number of sulfonamides is 1. The van der Waals surface area contributed by atoms with Crippen LogP contribution in [0.3, 0.4) is 0 Å². The van der Waals surface area contributed by atoms with Crippen molar-refractivity contribution < 1.29 is 21.9 Å². The van der Waals surface area contributed by atoms with Crippen LogP contribution in [0.4, 0.5) is 8.78 Å². The van der Waals surface area contributed by atoms with Crippen molar-refractivity contribution in [1.29, 1.82) is 0 Å². The summed E-state index contributed by atoms with van der Waals surface area (Å²) in [5.41, 5.74) is 0.0592. The number of hydrogen-bond donors (Lipinski definition) is 0. The summed E-state index contributed by atoms with van der Waals surface area (Å²) >= 11 is 0. The van der Waals surface area contributed by atoms with Crippen molar-refractivity contribution in [2.45, 2.75) is 44.1 Å². The van der Waals surface area contributed by atoms with Gasteiger partial charge in [0.1, 0.15) is 4.90 Å². The maximum absolute atomic E-state index is 13.4. The van der Waals surface area contributed by atoms with E-state index in [9.17, 15) is 17.2 Å². The minimum Gasteiger partial charge on any atom is -0.381 e. The fourth-order valence-corrected chi connectivity index (χ4v) is 6.24. The summed E-state index contributed by atoms with van der Waals surface area (Å²) in [4.78, 5) is 9.60. The number of ether oxygens (including phenoxy) is 1. The molecule has 7 nitrogen and oxygen atoms in total. The second-order valence-electron chi connectivity index (χ2n) is 8.57. The lowest BCUT2D eigenvalue weighted by molar-refractivity contribution is -0.106. The molecule has 0 N–H and O–H groups in total. The first kappa shape index (κ1) is 20.1. The zero-order valence-corrected chi connectivity index (χ0v) is 17.2. The monoisotopic (exact) mass is 416 g/mol. The molecule has 0 aliphatic carbocycles. The zero-order valence-electron chi connectivity index (χ0n) is 16.4. The zero-order chi connectivity index (χ0) is 20.3. The van der Waals surface area contributed by atoms with Crippen LogP contribution in [-0.2, 0) is 20.7 Å². The summed E-state index contributed by atoms with van der Waals surface area (Å²) in [6.07, 6.45) is 2.09. The van der Waals surface area contributed by atoms with Gasteiger partial charge in [0.2, 0.25) is 10.0 Å². The van der Waals surface area contributed by atoms with Crippen molar-refractivity contribution in [2.24, 2.45) is 11.3 Å². The van der Waals surface area contributed by atoms with E-state index >= 15 is 0 Å². The predicted octanol–water partition coefficient (Wildman–Crippen LogP) is 1.63. The minimum atomic E-state index is -3.77. The average Bonchev–Trinajstić information content (AvgIpc) is 3.04. The highest BCUT2D eigenvalue weighted by Gasteiger charge is 2.56. The van der Waals surface area contributed by atoms with Gasteiger partial charge in [0.15, 0.2) is 5.82 Å². The molecule has 0 aromatic carbocycles. The molecule has 0 amide bonds. The number of hydrogen-bond acceptors (Lipinski definition) is 6. The molecule has 0 radical (unpaired) electrons. The Bertz CT molecular complexity index is 854. The highest BCUT2D eigenvalue weighted by Crippen LogP contribution is 2.44. The molecule has 156 valence electrons. The highest BCUT2D eigenvalue weighted by molar-refractivity contribution is 7.89. The fourth-order valence-electron chi connectivity index (χ4n) is 4.47. The summed E-state index contributed by atoms with van der Waals surface area (Å²) in [7, 11) is -3.77. The van der Waals surface area contributed by atoms with Crippen LogP contribution in [0.1, 0.15) is 31.8 Å². The van der Waals surface area contributed by atoms with E-state index in [0.29, 0.717) is 32.0 Å². The number of aromatic nitrogens is 2. The van der Waals surface area contributed by atoms with Crippen molar-refractivity contribution in [3.63, 3.8) is 0 Å². The molecule has 28 heavy (non-hydrogen) atoms. The molecular weight excluding hydrogens is 390 g/mol. The lowest BCUT2D eigenvalue weighted by Crippen LogP contribution is -2.74. The lowest BCUT2D eigenvalue weighted by Gasteiger charge is -2.61. The van der Waals surface area contributed by atoms with Gasteiger partial charge in [-0.25, -0.2) is 18.4 Å². The van der Waals surface area contributed by atoms with E-state index < -0.39 is 21.8 Å². The molecule has 3 aliphatic heterocycles. The van der Waals surface area contributed by atoms with Gasteiger partial charge in [-0.2, -0.15) is 13.1 Å². The summed E-state index contributed by atoms with van der Waals surface area (Å²) in [6, 6.07) is 0.442. The molecule has 10 heteroatoms. The van der Waals surface area contributed by atoms with Crippen LogP contribution in [0.25, 0.3) is 0 Å². The van der Waals surface area contributed by atoms with E-state index in [1.165, 1.54) is 11.2 Å². The number of halogens is 2. The van der Waals surface area contributed by atoms with E-state index in [0.717, 1.165) is 38.9 Å². The van der Waals surface area contributed by atoms with Gasteiger partial charge in [-0.15, -0.1) is 0 Å². The van der Waals surface area contributed by atoms with Crippen molar-refractivity contribution in [1.82, 2.24) is 19.2 Å². The van der Waals surface area contributed by atoms with Crippen molar-refractivity contribution in [3.8, 4) is 0 Å². The summed E-state index contributed by atoms with van der Waals surface area (Å²) in [5.74, 6) is -3.32. The largest absolute Gasteiger partial charge is 0.381 e. The molecular formula is C18H26F2N4O3S. The van der Waals surface area contributed by atoms with Crippen LogP contribution in [0.5, 0.6) is 0 Å². The van der Waals surface area contributed by atoms with Gasteiger partial charge in [0, 0.05) is 51.2 Å². The van der Waals surface area contributed by atoms with Gasteiger partial charge in [0.25, 0.3) is 0 Å². The Balaban J connectivity index is 1.39. The summed E-state index contributed by atoms with van der Waals surface area (Å²) < 4.78 is 59.4. The van der Waals surface area contributed by atoms with Gasteiger partial charge in [-0.1, -0.05) is 0 Å². The number of rotatable bonds is 5. The van der Waals surface area contributed by atoms with Gasteiger partial charge in [-0.05, 0) is 26.2 Å². The molecule has 3 aliphatic rings. The van der Waals surface area contributed by atoms with Crippen LogP contribution in [0, 0.1) is 18.3 Å². The molecule has 1 spiro atoms. The van der Waals surface area contributed by atoms with Crippen LogP contribution < -0.4 is 0 Å². The first-order valence-corrected chi connectivity index (χ1v) is 11.0. The van der Waals surface area contributed by atoms with E-state index in [4.69, 9.17) is 4.74 Å². The fraction of sp³-hybridized carbons (Fsp3) is 0.778. The predicted molar refractivity (Wildman–Crippen MR) is 97.5 cm³/mol. The van der Waals surface area contributed by atoms with Gasteiger partial charge in [-0.3, -0.25) is 4.90 Å². The third-order valence-electron chi connectivity index (χ3n) is 6.27. The Labute approximate surface area is 164 Å². The molecule has 3 fully saturated rings. The van der Waals surface area contributed by atoms with Crippen molar-refractivity contribution in [3.05, 3.63) is 17.7 Å². The van der Waals surface area contributed by atoms with Gasteiger partial charge in [0.05, 0.1) is 18.5 Å². The number of aryl methyl sites for hydroxylation is 1. The van der Waals surface area contributed by atoms with Crippen molar-refractivity contribution >= 4 is 10.0 Å². The first-order chi connectivity index (χ1) is 13.0. The van der Waals surface area contributed by atoms with E-state index in [1.807, 2.05) is 0 Å². The third-order valence-corrected chi connectivity index (χ3v) is 8.16. The molecule has 2 unspecified atom stereocenters. The number of alkyl halides is 2. The molecule has 3 saturated heterocycles. The first-order valence-electron chi connectivity index (χ1n) is 9.56. The molecule has 2 atom stereocenters. The van der Waals surface area contributed by atoms with Crippen LogP contribution in [0.2, 0.25) is 0 Å². The molecule has 0 bridgehead atoms. The van der Waals surface area contributed by atoms with Gasteiger partial charge >= 0.3 is 5.92 Å². The van der Waals surface area contributed by atoms with E-state index in [-0.39, 0.29) is 16.0 Å². The molecule has 0 saturated carbocycles. The Hall–Kier alpha value is -1.23. The third kappa shape index (κ3) is 3.34. The van der Waals surface area contributed by atoms with Gasteiger partial charge < -0.3 is 4.74 Å². The second kappa shape index (κ2) is 6.65. The molecule has 1 aromatic rings. The Morgan fingerprint density at radius 3 is 2.54 bits per heavy atom. The smallest absolute Gasteiger partial charge is 0.303 e. The lowest BCUT2D eigenvalue weighted by atomic mass is 9.73. The highest BCUT2D eigenvalue weighted by atomic mass is 32.2. The molecule has 4 heterocycles. The van der Waals surface area contributed by atoms with Crippen molar-refractivity contribution in [2.75, 3.05) is 39.4 Å². The molecule has 1 aromatic heterocycles. The Morgan fingerprint density at radius 2 is 2.00 bits per heavy atom. The van der Waals surface area contributed by atoms with Crippen LogP contribution >= 0.6 is 0 Å². The number of nitrogens with zero attached hydrogens (tertiary/aromatic N) is 4. The second-order valence-corrected chi connectivity index (χ2v) is 10.5. The Morgan fingerprint density at radius 1 is 1.32 bits per heavy atom. The Kier molecular flexibility index (Phi) is 4.76. The maximum Gasteiger partial charge on any atom is 0.303 e. The topological polar surface area (TPSA) is 75.6 Å². The molecule has 4 rings (SSSR count). The SMILES string of the molecule is Cc1nc(C(C)(F)F)ncc1S(=O)(=O)N1CC2(CN(C(C)C3CCOC3)C2)C1. The normalized spacial score (nSPS) is 26.8. The minimum absolute atomic E-state index is 0.00590. The summed E-state index contributed by atoms with van der Waals surface area (Å²) in [6.45, 7) is 8.62. The quantitative estimate of drug-likeness (QED) is 0.726. The average molecular weight is 416 g/mol. The summed E-state index contributed by atoms with van der Waals surface area (Å²) in [5, 5.41) is 0. The van der Waals surface area contributed by atoms with Crippen LogP contribution in [-0.4, -0.2) is 73.0 Å². The maximum atomic E-state index is 13.4. The van der Waals surface area contributed by atoms with E-state index in [2.05, 4.69) is 21.8 Å². The standard InChI is InChI=1S/C18H26F2N4O3S/c1-12-15(6-21-16(22-12)17(3,19)20)28(25,26)24-10-18(11-24)8-23(9-18)13(2)14-4-5-27-7-14/h6,13-14H,4-5,7-11H2,1-3H3. The van der Waals surface area contributed by atoms with E-state index in [1.54, 1.807) is 0 Å².